The molecule has 4 aliphatic carbocycles. The van der Waals surface area contributed by atoms with Crippen molar-refractivity contribution in [3.63, 3.8) is 0 Å². The van der Waals surface area contributed by atoms with Gasteiger partial charge >= 0.3 is 63.3 Å². The van der Waals surface area contributed by atoms with E-state index in [1.54, 1.807) is 33.3 Å². The Balaban J connectivity index is 0.000000288. The molecule has 0 N–H and O–H groups in total. The summed E-state index contributed by atoms with van der Waals surface area (Å²) in [5, 5.41) is 14.7. The number of hydrogen-bond acceptors (Lipinski definition) is 6. The first-order chi connectivity index (χ1) is 26.4. The average Bonchev–Trinajstić information content (AvgIpc) is 4.14. The van der Waals surface area contributed by atoms with Gasteiger partial charge in [-0.3, -0.25) is 14.4 Å². The number of Topliss-reactive ketones (excluding diaryl/α,β-unsaturated/α-hetero) is 1. The van der Waals surface area contributed by atoms with Gasteiger partial charge in [0.25, 0.3) is 0 Å². The van der Waals surface area contributed by atoms with Gasteiger partial charge in [0.2, 0.25) is 0 Å². The smallest absolute Gasteiger partial charge is 1.00 e. The standard InChI is InChI=1S/C22H22P.C13H20O2.C9H14O3.C4H9O.BrH.K/c1-4-10-20(11-5-1)23(18-19-16-17-19,21-12-6-2-7-13-21)22-14-8-3-9-15-22;1-2-15-13(14)12-7-5-11(6-8-12)9-10-3-4-10;1-2-12-9(11)7-3-5-8(10)6-4-7;1-4(2,3)5;;/h1-15,19H,16-18H2;9-10,12H,2-8H2,1H3;7H,2-6H2,1H3;1-3H3;1H;/q+1;;;-1;;+1/p-1. The summed E-state index contributed by atoms with van der Waals surface area (Å²) in [4.78, 5) is 33.5. The molecule has 3 aromatic carbocycles. The van der Waals surface area contributed by atoms with Gasteiger partial charge in [0.1, 0.15) is 29.0 Å². The van der Waals surface area contributed by atoms with Gasteiger partial charge in [0.05, 0.1) is 31.2 Å². The topological polar surface area (TPSA) is 92.7 Å². The molecule has 0 radical (unpaired) electrons. The molecule has 306 valence electrons. The molecule has 0 aromatic heterocycles. The molecule has 7 rings (SSSR count). The van der Waals surface area contributed by atoms with Crippen LogP contribution in [0.25, 0.3) is 0 Å². The minimum absolute atomic E-state index is 0. The van der Waals surface area contributed by atoms with E-state index in [2.05, 4.69) is 97.1 Å². The van der Waals surface area contributed by atoms with Crippen LogP contribution >= 0.6 is 7.26 Å². The van der Waals surface area contributed by atoms with E-state index >= 15 is 0 Å². The molecule has 4 fully saturated rings. The molecule has 0 amide bonds. The first-order valence-corrected chi connectivity index (χ1v) is 22.7. The molecule has 57 heavy (non-hydrogen) atoms. The maximum Gasteiger partial charge on any atom is 1.00 e. The molecule has 0 saturated heterocycles. The van der Waals surface area contributed by atoms with Crippen LogP contribution in [0.5, 0.6) is 0 Å². The van der Waals surface area contributed by atoms with Crippen LogP contribution in [0.1, 0.15) is 112 Å². The molecule has 3 aromatic rings. The van der Waals surface area contributed by atoms with Gasteiger partial charge in [0, 0.05) is 12.8 Å². The Kier molecular flexibility index (Phi) is 24.2. The third-order valence-electron chi connectivity index (χ3n) is 10.3. The summed E-state index contributed by atoms with van der Waals surface area (Å²) in [5.74, 6) is 2.07. The summed E-state index contributed by atoms with van der Waals surface area (Å²) in [6.45, 7) is 9.52. The second-order valence-corrected chi connectivity index (χ2v) is 19.8. The van der Waals surface area contributed by atoms with E-state index in [0.29, 0.717) is 38.9 Å². The summed E-state index contributed by atoms with van der Waals surface area (Å²) in [6, 6.07) is 33.6. The van der Waals surface area contributed by atoms with E-state index in [1.165, 1.54) is 47.8 Å². The fourth-order valence-electron chi connectivity index (χ4n) is 7.18. The third kappa shape index (κ3) is 18.8. The summed E-state index contributed by atoms with van der Waals surface area (Å²) in [6.07, 6.45) is 16.0. The van der Waals surface area contributed by atoms with Crippen molar-refractivity contribution in [2.45, 2.75) is 117 Å². The second-order valence-electron chi connectivity index (χ2n) is 16.3. The van der Waals surface area contributed by atoms with Gasteiger partial charge in [-0.2, -0.15) is 0 Å². The zero-order chi connectivity index (χ0) is 39.7. The Bertz CT molecular complexity index is 1510. The molecule has 0 bridgehead atoms. The van der Waals surface area contributed by atoms with E-state index in [-0.39, 0.29) is 97.9 Å². The molecular formula is C48H65BrKO6P. The number of hydrogen-bond donors (Lipinski definition) is 0. The third-order valence-corrected chi connectivity index (χ3v) is 14.9. The number of carbonyl (C=O) groups is 3. The number of ether oxygens (including phenoxy) is 2. The molecule has 0 heterocycles. The fraction of sp³-hybridized carbons (Fsp3) is 0.521. The van der Waals surface area contributed by atoms with E-state index < -0.39 is 12.9 Å². The van der Waals surface area contributed by atoms with Crippen LogP contribution in [0.15, 0.2) is 103 Å². The largest absolute Gasteiger partial charge is 1.00 e. The summed E-state index contributed by atoms with van der Waals surface area (Å²) < 4.78 is 9.92. The van der Waals surface area contributed by atoms with Crippen molar-refractivity contribution >= 4 is 40.9 Å². The van der Waals surface area contributed by atoms with Crippen LogP contribution in [0.3, 0.4) is 0 Å². The minimum atomic E-state index is -1.55. The Labute approximate surface area is 397 Å². The van der Waals surface area contributed by atoms with E-state index in [9.17, 15) is 19.5 Å². The molecule has 4 saturated carbocycles. The van der Waals surface area contributed by atoms with Crippen molar-refractivity contribution in [1.82, 2.24) is 0 Å². The molecule has 0 aliphatic heterocycles. The predicted molar refractivity (Wildman–Crippen MR) is 225 cm³/mol. The Morgan fingerprint density at radius 3 is 1.32 bits per heavy atom. The molecule has 0 atom stereocenters. The van der Waals surface area contributed by atoms with Crippen LogP contribution in [0.2, 0.25) is 0 Å². The van der Waals surface area contributed by atoms with E-state index in [0.717, 1.165) is 37.5 Å². The maximum atomic E-state index is 11.5. The monoisotopic (exact) mass is 886 g/mol. The first kappa shape index (κ1) is 51.7. The van der Waals surface area contributed by atoms with Gasteiger partial charge in [-0.05, 0) is 126 Å². The van der Waals surface area contributed by atoms with Crippen LogP contribution in [0.4, 0.5) is 0 Å². The van der Waals surface area contributed by atoms with Crippen molar-refractivity contribution in [3.8, 4) is 0 Å². The van der Waals surface area contributed by atoms with Gasteiger partial charge in [-0.25, -0.2) is 0 Å². The van der Waals surface area contributed by atoms with Gasteiger partial charge in [-0.15, -0.1) is 5.60 Å². The van der Waals surface area contributed by atoms with Gasteiger partial charge in [0.15, 0.2) is 0 Å². The quantitative estimate of drug-likeness (QED) is 0.135. The van der Waals surface area contributed by atoms with Gasteiger partial charge < -0.3 is 31.6 Å². The van der Waals surface area contributed by atoms with Crippen LogP contribution in [-0.4, -0.2) is 42.7 Å². The fourth-order valence-corrected chi connectivity index (χ4v) is 11.9. The van der Waals surface area contributed by atoms with Crippen molar-refractivity contribution < 1.29 is 97.3 Å². The van der Waals surface area contributed by atoms with Crippen LogP contribution in [-0.2, 0) is 23.9 Å². The second kappa shape index (κ2) is 26.7. The van der Waals surface area contributed by atoms with Gasteiger partial charge in [-0.1, -0.05) is 87.0 Å². The molecule has 0 unspecified atom stereocenters. The van der Waals surface area contributed by atoms with E-state index in [1.807, 2.05) is 6.92 Å². The predicted octanol–water partition coefficient (Wildman–Crippen LogP) is 2.93. The Hall–Kier alpha value is -1.48. The molecular weight excluding hydrogens is 822 g/mol. The molecule has 9 heteroatoms. The maximum absolute atomic E-state index is 11.5. The first-order valence-electron chi connectivity index (χ1n) is 20.7. The molecule has 0 spiro atoms. The summed E-state index contributed by atoms with van der Waals surface area (Å²) in [5.41, 5.74) is 0.832. The number of benzene rings is 3. The zero-order valence-corrected chi connectivity index (χ0v) is 41.0. The van der Waals surface area contributed by atoms with Crippen molar-refractivity contribution in [1.29, 1.82) is 0 Å². The normalized spacial score (nSPS) is 17.9. The Morgan fingerprint density at radius 2 is 1.00 bits per heavy atom. The average molecular weight is 888 g/mol. The van der Waals surface area contributed by atoms with E-state index in [4.69, 9.17) is 9.47 Å². The van der Waals surface area contributed by atoms with Crippen molar-refractivity contribution in [2.75, 3.05) is 19.4 Å². The molecule has 6 nitrogen and oxygen atoms in total. The number of allylic oxidation sites excluding steroid dienone is 2. The number of rotatable bonds is 10. The Morgan fingerprint density at radius 1 is 0.649 bits per heavy atom. The number of halogens is 1. The SMILES string of the molecule is CC(C)(C)[O-].CCOC(=O)C1CCC(=CC2CC2)CC1.CCOC(=O)C1CCC(=O)CC1.[Br-].[K+].c1ccc([P+](CC2CC2)(c2ccccc2)c2ccccc2)cc1. The van der Waals surface area contributed by atoms with Crippen molar-refractivity contribution in [2.24, 2.45) is 23.7 Å². The number of ketones is 1. The zero-order valence-electron chi connectivity index (χ0n) is 35.4. The van der Waals surface area contributed by atoms with Crippen molar-refractivity contribution in [3.05, 3.63) is 103 Å². The van der Waals surface area contributed by atoms with Crippen LogP contribution in [0, 0.1) is 23.7 Å². The minimum Gasteiger partial charge on any atom is -1.00 e. The van der Waals surface area contributed by atoms with Crippen LogP contribution < -0.4 is 89.4 Å². The number of carbonyl (C=O) groups excluding carboxylic acids is 3. The summed E-state index contributed by atoms with van der Waals surface area (Å²) in [7, 11) is -1.55. The number of esters is 2. The molecule has 4 aliphatic rings. The summed E-state index contributed by atoms with van der Waals surface area (Å²) >= 11 is 0.